The molecule has 0 radical (unpaired) electrons. The van der Waals surface area contributed by atoms with Crippen molar-refractivity contribution >= 4 is 17.0 Å². The number of carboxylic acid groups (broad SMARTS) is 1. The second-order valence-electron chi connectivity index (χ2n) is 11.2. The fourth-order valence-corrected chi connectivity index (χ4v) is 5.33. The lowest BCUT2D eigenvalue weighted by Gasteiger charge is -2.17. The van der Waals surface area contributed by atoms with E-state index in [0.717, 1.165) is 30.9 Å². The largest absolute Gasteiger partial charge is 0.478 e. The number of halogens is 3. The molecule has 1 aliphatic carbocycles. The minimum Gasteiger partial charge on any atom is -0.478 e. The van der Waals surface area contributed by atoms with Crippen LogP contribution in [0.1, 0.15) is 59.1 Å². The number of aromatic nitrogens is 4. The number of benzene rings is 3. The second kappa shape index (κ2) is 11.2. The van der Waals surface area contributed by atoms with Crippen LogP contribution in [0.2, 0.25) is 0 Å². The number of rotatable bonds is 10. The van der Waals surface area contributed by atoms with Gasteiger partial charge in [-0.2, -0.15) is 4.98 Å². The number of fused-ring (bicyclic) bond motifs is 1. The first-order valence-corrected chi connectivity index (χ1v) is 14.1. The van der Waals surface area contributed by atoms with Crippen LogP contribution in [-0.2, 0) is 19.6 Å². The molecule has 0 amide bonds. The van der Waals surface area contributed by atoms with Gasteiger partial charge in [-0.05, 0) is 79.1 Å². The molecule has 1 fully saturated rings. The van der Waals surface area contributed by atoms with Crippen LogP contribution in [-0.4, -0.2) is 30.6 Å². The molecule has 3 aromatic carbocycles. The molecule has 0 saturated heterocycles. The number of carboxylic acids is 1. The number of ether oxygens (including phenoxy) is 1. The summed E-state index contributed by atoms with van der Waals surface area (Å²) in [5, 5.41) is 9.49. The standard InChI is InChI=1S/C33H29F3N4O3/c1-3-33(9-10-33)18-40-28-16-22(31(41)42)15-26(36)30(28)39-29(40)14-20-5-7-23(25(35)13-20)27-8-11-37-32(38-27)43-17-21-6-4-19(2)12-24(21)34/h4-8,11-13,15-16H,3,9-10,14,17-18H2,1-2H3,(H,41,42). The van der Waals surface area contributed by atoms with Gasteiger partial charge in [0.15, 0.2) is 5.82 Å². The maximum Gasteiger partial charge on any atom is 0.335 e. The zero-order valence-corrected chi connectivity index (χ0v) is 23.7. The van der Waals surface area contributed by atoms with E-state index in [-0.39, 0.29) is 41.1 Å². The highest BCUT2D eigenvalue weighted by atomic mass is 19.1. The summed E-state index contributed by atoms with van der Waals surface area (Å²) in [5.74, 6) is -2.31. The Kier molecular flexibility index (Phi) is 7.37. The van der Waals surface area contributed by atoms with Gasteiger partial charge >= 0.3 is 12.0 Å². The van der Waals surface area contributed by atoms with Crippen molar-refractivity contribution in [3.05, 3.63) is 106 Å². The van der Waals surface area contributed by atoms with Gasteiger partial charge in [-0.3, -0.25) is 0 Å². The Bertz CT molecular complexity index is 1870. The number of hydrogen-bond acceptors (Lipinski definition) is 5. The summed E-state index contributed by atoms with van der Waals surface area (Å²) < 4.78 is 52.1. The molecule has 7 nitrogen and oxygen atoms in total. The quantitative estimate of drug-likeness (QED) is 0.185. The number of carbonyl (C=O) groups is 1. The van der Waals surface area contributed by atoms with E-state index >= 15 is 4.39 Å². The van der Waals surface area contributed by atoms with E-state index in [4.69, 9.17) is 4.74 Å². The van der Waals surface area contributed by atoms with Crippen LogP contribution in [0.5, 0.6) is 6.01 Å². The third-order valence-corrected chi connectivity index (χ3v) is 8.20. The van der Waals surface area contributed by atoms with E-state index in [1.165, 1.54) is 24.4 Å². The first kappa shape index (κ1) is 28.4. The number of hydrogen-bond donors (Lipinski definition) is 1. The van der Waals surface area contributed by atoms with Gasteiger partial charge in [-0.25, -0.2) is 27.9 Å². The second-order valence-corrected chi connectivity index (χ2v) is 11.2. The Labute approximate surface area is 246 Å². The van der Waals surface area contributed by atoms with Gasteiger partial charge in [-0.1, -0.05) is 25.1 Å². The molecular formula is C33H29F3N4O3. The minimum atomic E-state index is -1.22. The van der Waals surface area contributed by atoms with Crippen LogP contribution in [0.3, 0.4) is 0 Å². The van der Waals surface area contributed by atoms with Crippen LogP contribution in [0.25, 0.3) is 22.3 Å². The Morgan fingerprint density at radius 2 is 1.81 bits per heavy atom. The lowest BCUT2D eigenvalue weighted by atomic mass is 10.0. The number of aromatic carboxylic acids is 1. The molecule has 5 aromatic rings. The highest BCUT2D eigenvalue weighted by Crippen LogP contribution is 2.50. The summed E-state index contributed by atoms with van der Waals surface area (Å²) in [7, 11) is 0. The third-order valence-electron chi connectivity index (χ3n) is 8.20. The lowest BCUT2D eigenvalue weighted by Crippen LogP contribution is -2.14. The van der Waals surface area contributed by atoms with Gasteiger partial charge in [0.1, 0.15) is 29.6 Å². The molecule has 1 N–H and O–H groups in total. The summed E-state index contributed by atoms with van der Waals surface area (Å²) in [6.45, 7) is 4.40. The van der Waals surface area contributed by atoms with E-state index in [2.05, 4.69) is 21.9 Å². The van der Waals surface area contributed by atoms with E-state index in [1.54, 1.807) is 37.3 Å². The molecule has 43 heavy (non-hydrogen) atoms. The Hall–Kier alpha value is -4.73. The van der Waals surface area contributed by atoms with Crippen molar-refractivity contribution in [3.8, 4) is 17.3 Å². The number of aryl methyl sites for hydroxylation is 1. The average Bonchev–Trinajstić information content (AvgIpc) is 3.68. The first-order chi connectivity index (χ1) is 20.6. The molecule has 2 aromatic heterocycles. The summed E-state index contributed by atoms with van der Waals surface area (Å²) in [5.41, 5.74) is 2.72. The number of nitrogens with zero attached hydrogens (tertiary/aromatic N) is 4. The fraction of sp³-hybridized carbons (Fsp3) is 0.273. The molecule has 0 atom stereocenters. The van der Waals surface area contributed by atoms with Gasteiger partial charge < -0.3 is 14.4 Å². The molecule has 6 rings (SSSR count). The van der Waals surface area contributed by atoms with Crippen LogP contribution in [0.4, 0.5) is 13.2 Å². The normalized spacial score (nSPS) is 13.8. The Morgan fingerprint density at radius 1 is 1.00 bits per heavy atom. The summed E-state index contributed by atoms with van der Waals surface area (Å²) in [4.78, 5) is 24.5. The van der Waals surface area contributed by atoms with Crippen molar-refractivity contribution < 1.29 is 27.8 Å². The molecule has 0 unspecified atom stereocenters. The summed E-state index contributed by atoms with van der Waals surface area (Å²) in [6.07, 6.45) is 4.64. The average molecular weight is 587 g/mol. The molecule has 220 valence electrons. The lowest BCUT2D eigenvalue weighted by molar-refractivity contribution is 0.0696. The SMILES string of the molecule is CCC1(Cn2c(Cc3ccc(-c4ccnc(OCc5ccc(C)cc5F)n4)c(F)c3)nc3c(F)cc(C(=O)O)cc32)CC1. The highest BCUT2D eigenvalue weighted by Gasteiger charge is 2.41. The summed E-state index contributed by atoms with van der Waals surface area (Å²) >= 11 is 0. The van der Waals surface area contributed by atoms with Crippen LogP contribution >= 0.6 is 0 Å². The van der Waals surface area contributed by atoms with E-state index < -0.39 is 23.4 Å². The molecule has 0 aliphatic heterocycles. The van der Waals surface area contributed by atoms with Crippen molar-refractivity contribution in [1.82, 2.24) is 19.5 Å². The van der Waals surface area contributed by atoms with Crippen molar-refractivity contribution in [2.45, 2.75) is 52.7 Å². The van der Waals surface area contributed by atoms with E-state index in [0.29, 0.717) is 34.7 Å². The predicted octanol–water partition coefficient (Wildman–Crippen LogP) is 7.28. The zero-order chi connectivity index (χ0) is 30.3. The zero-order valence-electron chi connectivity index (χ0n) is 23.7. The molecule has 1 aliphatic rings. The topological polar surface area (TPSA) is 90.1 Å². The summed E-state index contributed by atoms with van der Waals surface area (Å²) in [6, 6.07) is 13.5. The van der Waals surface area contributed by atoms with Crippen LogP contribution in [0.15, 0.2) is 60.8 Å². The third kappa shape index (κ3) is 5.82. The van der Waals surface area contributed by atoms with Gasteiger partial charge in [0, 0.05) is 30.3 Å². The van der Waals surface area contributed by atoms with Crippen LogP contribution < -0.4 is 4.74 Å². The van der Waals surface area contributed by atoms with Gasteiger partial charge in [0.2, 0.25) is 0 Å². The maximum atomic E-state index is 15.5. The Morgan fingerprint density at radius 3 is 2.51 bits per heavy atom. The smallest absolute Gasteiger partial charge is 0.335 e. The molecule has 10 heteroatoms. The molecular weight excluding hydrogens is 557 g/mol. The van der Waals surface area contributed by atoms with Crippen molar-refractivity contribution in [2.24, 2.45) is 5.41 Å². The molecule has 0 bridgehead atoms. The first-order valence-electron chi connectivity index (χ1n) is 14.1. The van der Waals surface area contributed by atoms with Crippen molar-refractivity contribution in [2.75, 3.05) is 0 Å². The van der Waals surface area contributed by atoms with Gasteiger partial charge in [0.05, 0.1) is 16.8 Å². The van der Waals surface area contributed by atoms with Crippen molar-refractivity contribution in [3.63, 3.8) is 0 Å². The Balaban J connectivity index is 1.27. The fourth-order valence-electron chi connectivity index (χ4n) is 5.33. The highest BCUT2D eigenvalue weighted by molar-refractivity contribution is 5.92. The maximum absolute atomic E-state index is 15.5. The van der Waals surface area contributed by atoms with Crippen molar-refractivity contribution in [1.29, 1.82) is 0 Å². The van der Waals surface area contributed by atoms with E-state index in [9.17, 15) is 18.7 Å². The monoisotopic (exact) mass is 586 g/mol. The molecule has 1 saturated carbocycles. The predicted molar refractivity (Wildman–Crippen MR) is 154 cm³/mol. The van der Waals surface area contributed by atoms with Gasteiger partial charge in [-0.15, -0.1) is 0 Å². The minimum absolute atomic E-state index is 0.0117. The molecule has 0 spiro atoms. The van der Waals surface area contributed by atoms with Crippen LogP contribution in [0, 0.1) is 29.8 Å². The van der Waals surface area contributed by atoms with E-state index in [1.807, 2.05) is 4.57 Å². The number of imidazole rings is 1. The van der Waals surface area contributed by atoms with Gasteiger partial charge in [0.25, 0.3) is 0 Å². The molecule has 2 heterocycles.